The second-order valence-electron chi connectivity index (χ2n) is 2.51. The van der Waals surface area contributed by atoms with Gasteiger partial charge >= 0.3 is 0 Å². The molecule has 0 saturated carbocycles. The molecule has 0 heterocycles. The van der Waals surface area contributed by atoms with Crippen molar-refractivity contribution >= 4 is 6.21 Å². The van der Waals surface area contributed by atoms with Gasteiger partial charge in [-0.15, -0.1) is 0 Å². The molecule has 2 heteroatoms. The van der Waals surface area contributed by atoms with Gasteiger partial charge in [0.25, 0.3) is 0 Å². The van der Waals surface area contributed by atoms with Crippen LogP contribution in [0.1, 0.15) is 18.1 Å². The lowest BCUT2D eigenvalue weighted by Crippen LogP contribution is -1.87. The molecule has 1 aromatic rings. The molecule has 0 bridgehead atoms. The zero-order valence-corrected chi connectivity index (χ0v) is 7.45. The van der Waals surface area contributed by atoms with Gasteiger partial charge in [0.05, 0.1) is 6.21 Å². The van der Waals surface area contributed by atoms with E-state index in [0.717, 1.165) is 5.56 Å². The minimum atomic E-state index is 0.613. The van der Waals surface area contributed by atoms with Crippen LogP contribution in [-0.2, 0) is 4.84 Å². The van der Waals surface area contributed by atoms with Crippen LogP contribution >= 0.6 is 0 Å². The van der Waals surface area contributed by atoms with E-state index in [9.17, 15) is 0 Å². The summed E-state index contributed by atoms with van der Waals surface area (Å²) in [6.45, 7) is 4.57. The molecule has 1 rings (SSSR count). The Labute approximate surface area is 72.9 Å². The Hall–Kier alpha value is -1.31. The molecule has 0 unspecified atom stereocenters. The molecule has 0 atom stereocenters. The minimum Gasteiger partial charge on any atom is -0.396 e. The van der Waals surface area contributed by atoms with Gasteiger partial charge in [0.15, 0.2) is 0 Å². The van der Waals surface area contributed by atoms with E-state index in [1.54, 1.807) is 6.21 Å². The lowest BCUT2D eigenvalue weighted by molar-refractivity contribution is 0.160. The van der Waals surface area contributed by atoms with E-state index in [1.165, 1.54) is 5.56 Å². The Morgan fingerprint density at radius 2 is 2.17 bits per heavy atom. The predicted molar refractivity (Wildman–Crippen MR) is 50.4 cm³/mol. The zero-order valence-electron chi connectivity index (χ0n) is 7.45. The highest BCUT2D eigenvalue weighted by atomic mass is 16.6. The number of benzene rings is 1. The quantitative estimate of drug-likeness (QED) is 0.495. The van der Waals surface area contributed by atoms with E-state index in [2.05, 4.69) is 5.16 Å². The molecule has 0 spiro atoms. The average Bonchev–Trinajstić information content (AvgIpc) is 2.09. The predicted octanol–water partition coefficient (Wildman–Crippen LogP) is 2.37. The van der Waals surface area contributed by atoms with Crippen LogP contribution in [-0.4, -0.2) is 12.8 Å². The van der Waals surface area contributed by atoms with Crippen LogP contribution in [0.2, 0.25) is 0 Å². The molecule has 0 N–H and O–H groups in total. The maximum Gasteiger partial charge on any atom is 0.114 e. The number of rotatable bonds is 3. The van der Waals surface area contributed by atoms with Crippen LogP contribution < -0.4 is 0 Å². The van der Waals surface area contributed by atoms with E-state index in [4.69, 9.17) is 4.84 Å². The summed E-state index contributed by atoms with van der Waals surface area (Å²) in [4.78, 5) is 4.86. The molecule has 64 valence electrons. The summed E-state index contributed by atoms with van der Waals surface area (Å²) < 4.78 is 0. The van der Waals surface area contributed by atoms with Gasteiger partial charge in [-0.3, -0.25) is 0 Å². The Bertz CT molecular complexity index is 268. The van der Waals surface area contributed by atoms with Crippen LogP contribution in [0.3, 0.4) is 0 Å². The normalized spacial score (nSPS) is 10.5. The second-order valence-corrected chi connectivity index (χ2v) is 2.51. The molecule has 12 heavy (non-hydrogen) atoms. The Balaban J connectivity index is 2.68. The maximum atomic E-state index is 4.86. The Morgan fingerprint density at radius 3 is 2.83 bits per heavy atom. The van der Waals surface area contributed by atoms with Crippen molar-refractivity contribution in [1.29, 1.82) is 0 Å². The van der Waals surface area contributed by atoms with Crippen molar-refractivity contribution in [2.75, 3.05) is 6.61 Å². The summed E-state index contributed by atoms with van der Waals surface area (Å²) in [5.74, 6) is 0. The molecule has 0 radical (unpaired) electrons. The number of aryl methyl sites for hydroxylation is 1. The maximum absolute atomic E-state index is 4.86. The highest BCUT2D eigenvalue weighted by Gasteiger charge is 1.90. The van der Waals surface area contributed by atoms with E-state index in [-0.39, 0.29) is 0 Å². The smallest absolute Gasteiger partial charge is 0.114 e. The van der Waals surface area contributed by atoms with Crippen LogP contribution in [0.25, 0.3) is 0 Å². The topological polar surface area (TPSA) is 21.6 Å². The van der Waals surface area contributed by atoms with Crippen LogP contribution in [0.5, 0.6) is 0 Å². The highest BCUT2D eigenvalue weighted by Crippen LogP contribution is 2.03. The molecular formula is C10H13NO. The van der Waals surface area contributed by atoms with Gasteiger partial charge in [-0.25, -0.2) is 0 Å². The first-order valence-electron chi connectivity index (χ1n) is 4.05. The molecule has 0 aromatic heterocycles. The van der Waals surface area contributed by atoms with Crippen LogP contribution in [0, 0.1) is 6.92 Å². The number of nitrogens with zero attached hydrogens (tertiary/aromatic N) is 1. The van der Waals surface area contributed by atoms with E-state index in [0.29, 0.717) is 6.61 Å². The van der Waals surface area contributed by atoms with Gasteiger partial charge in [0.2, 0.25) is 0 Å². The van der Waals surface area contributed by atoms with Crippen LogP contribution in [0.15, 0.2) is 29.4 Å². The first kappa shape index (κ1) is 8.78. The Kier molecular flexibility index (Phi) is 3.33. The lowest BCUT2D eigenvalue weighted by Gasteiger charge is -1.97. The van der Waals surface area contributed by atoms with Gasteiger partial charge in [-0.2, -0.15) is 0 Å². The molecule has 0 fully saturated rings. The molecular weight excluding hydrogens is 150 g/mol. The number of hydrogen-bond acceptors (Lipinski definition) is 2. The summed E-state index contributed by atoms with van der Waals surface area (Å²) in [5.41, 5.74) is 2.31. The van der Waals surface area contributed by atoms with Crippen molar-refractivity contribution in [2.45, 2.75) is 13.8 Å². The highest BCUT2D eigenvalue weighted by molar-refractivity contribution is 5.80. The van der Waals surface area contributed by atoms with Crippen LogP contribution in [0.4, 0.5) is 0 Å². The van der Waals surface area contributed by atoms with Gasteiger partial charge in [0, 0.05) is 0 Å². The van der Waals surface area contributed by atoms with Crippen molar-refractivity contribution in [3.8, 4) is 0 Å². The van der Waals surface area contributed by atoms with Crippen molar-refractivity contribution in [3.63, 3.8) is 0 Å². The van der Waals surface area contributed by atoms with Crippen molar-refractivity contribution in [2.24, 2.45) is 5.16 Å². The van der Waals surface area contributed by atoms with Gasteiger partial charge in [0.1, 0.15) is 6.61 Å². The second kappa shape index (κ2) is 4.54. The summed E-state index contributed by atoms with van der Waals surface area (Å²) in [5, 5.41) is 3.80. The molecule has 0 amide bonds. The van der Waals surface area contributed by atoms with Crippen molar-refractivity contribution in [3.05, 3.63) is 35.4 Å². The molecule has 1 aromatic carbocycles. The fraction of sp³-hybridized carbons (Fsp3) is 0.300. The van der Waals surface area contributed by atoms with Gasteiger partial charge < -0.3 is 4.84 Å². The number of oxime groups is 1. The first-order valence-corrected chi connectivity index (χ1v) is 4.05. The first-order chi connectivity index (χ1) is 5.84. The van der Waals surface area contributed by atoms with Crippen molar-refractivity contribution in [1.82, 2.24) is 0 Å². The fourth-order valence-electron chi connectivity index (χ4n) is 0.900. The largest absolute Gasteiger partial charge is 0.396 e. The van der Waals surface area contributed by atoms with Gasteiger partial charge in [-0.1, -0.05) is 29.4 Å². The molecule has 0 saturated heterocycles. The molecule has 0 aliphatic rings. The summed E-state index contributed by atoms with van der Waals surface area (Å²) in [7, 11) is 0. The number of hydrogen-bond donors (Lipinski definition) is 0. The third kappa shape index (κ3) is 2.38. The summed E-state index contributed by atoms with van der Waals surface area (Å²) in [6, 6.07) is 8.05. The minimum absolute atomic E-state index is 0.613. The van der Waals surface area contributed by atoms with E-state index in [1.807, 2.05) is 38.1 Å². The fourth-order valence-corrected chi connectivity index (χ4v) is 0.900. The zero-order chi connectivity index (χ0) is 8.81. The monoisotopic (exact) mass is 163 g/mol. The molecule has 0 aliphatic carbocycles. The van der Waals surface area contributed by atoms with E-state index >= 15 is 0 Å². The van der Waals surface area contributed by atoms with Crippen molar-refractivity contribution < 1.29 is 4.84 Å². The average molecular weight is 163 g/mol. The van der Waals surface area contributed by atoms with E-state index < -0.39 is 0 Å². The molecule has 0 aliphatic heterocycles. The lowest BCUT2D eigenvalue weighted by atomic mass is 10.1. The van der Waals surface area contributed by atoms with Gasteiger partial charge in [-0.05, 0) is 25.0 Å². The SMILES string of the molecule is CCON=Cc1ccccc1C. The summed E-state index contributed by atoms with van der Waals surface area (Å²) >= 11 is 0. The summed E-state index contributed by atoms with van der Waals surface area (Å²) in [6.07, 6.45) is 1.73. The Morgan fingerprint density at radius 1 is 1.42 bits per heavy atom. The third-order valence-corrected chi connectivity index (χ3v) is 1.58. The third-order valence-electron chi connectivity index (χ3n) is 1.58. The molecule has 2 nitrogen and oxygen atoms in total. The standard InChI is InChI=1S/C10H13NO/c1-3-12-11-8-10-7-5-4-6-9(10)2/h4-8H,3H2,1-2H3.